The molecule has 0 saturated heterocycles. The summed E-state index contributed by atoms with van der Waals surface area (Å²) in [6.45, 7) is 3.77. The average molecular weight is 274 g/mol. The van der Waals surface area contributed by atoms with Crippen molar-refractivity contribution in [2.75, 3.05) is 0 Å². The summed E-state index contributed by atoms with van der Waals surface area (Å²) in [7, 11) is 1.84. The largest absolute Gasteiger partial charge is 0.332 e. The predicted molar refractivity (Wildman–Crippen MR) is 73.7 cm³/mol. The molecule has 0 aliphatic carbocycles. The highest BCUT2D eigenvalue weighted by atomic mass is 16.2. The van der Waals surface area contributed by atoms with E-state index >= 15 is 0 Å². The SMILES string of the molecule is C[C@H](NC(=O)N[C@H](C)c1nncn1C)c1cccnc1. The molecule has 7 heteroatoms. The van der Waals surface area contributed by atoms with Crippen LogP contribution >= 0.6 is 0 Å². The number of pyridine rings is 1. The lowest BCUT2D eigenvalue weighted by Gasteiger charge is -2.17. The van der Waals surface area contributed by atoms with Crippen molar-refractivity contribution in [3.05, 3.63) is 42.2 Å². The molecule has 2 atom stereocenters. The highest BCUT2D eigenvalue weighted by molar-refractivity contribution is 5.74. The molecule has 0 spiro atoms. The second-order valence-corrected chi connectivity index (χ2v) is 4.65. The van der Waals surface area contributed by atoms with Crippen LogP contribution in [0.25, 0.3) is 0 Å². The zero-order valence-electron chi connectivity index (χ0n) is 11.7. The Morgan fingerprint density at radius 3 is 2.65 bits per heavy atom. The summed E-state index contributed by atoms with van der Waals surface area (Å²) in [5.74, 6) is 0.703. The molecule has 2 aromatic heterocycles. The molecular formula is C13H18N6O. The fourth-order valence-electron chi connectivity index (χ4n) is 1.90. The number of hydrogen-bond donors (Lipinski definition) is 2. The van der Waals surface area contributed by atoms with E-state index < -0.39 is 0 Å². The molecule has 2 rings (SSSR count). The van der Waals surface area contributed by atoms with Gasteiger partial charge in [-0.1, -0.05) is 6.07 Å². The van der Waals surface area contributed by atoms with Crippen molar-refractivity contribution in [3.63, 3.8) is 0 Å². The molecule has 0 aromatic carbocycles. The maximum absolute atomic E-state index is 11.9. The Morgan fingerprint density at radius 1 is 1.30 bits per heavy atom. The second-order valence-electron chi connectivity index (χ2n) is 4.65. The van der Waals surface area contributed by atoms with Crippen LogP contribution in [-0.2, 0) is 7.05 Å². The highest BCUT2D eigenvalue weighted by Gasteiger charge is 2.15. The molecule has 106 valence electrons. The van der Waals surface area contributed by atoms with Crippen LogP contribution in [-0.4, -0.2) is 25.8 Å². The Morgan fingerprint density at radius 2 is 2.05 bits per heavy atom. The summed E-state index contributed by atoms with van der Waals surface area (Å²) in [5.41, 5.74) is 0.953. The summed E-state index contributed by atoms with van der Waals surface area (Å²) in [5, 5.41) is 13.4. The van der Waals surface area contributed by atoms with Gasteiger partial charge < -0.3 is 15.2 Å². The van der Waals surface area contributed by atoms with E-state index in [-0.39, 0.29) is 18.1 Å². The number of carbonyl (C=O) groups excluding carboxylic acids is 1. The van der Waals surface area contributed by atoms with Gasteiger partial charge in [-0.15, -0.1) is 10.2 Å². The van der Waals surface area contributed by atoms with Crippen LogP contribution < -0.4 is 10.6 Å². The number of amides is 2. The van der Waals surface area contributed by atoms with Gasteiger partial charge in [-0.05, 0) is 25.5 Å². The summed E-state index contributed by atoms with van der Waals surface area (Å²) in [6, 6.07) is 3.17. The van der Waals surface area contributed by atoms with Crippen LogP contribution in [0, 0.1) is 0 Å². The molecule has 0 bridgehead atoms. The van der Waals surface area contributed by atoms with Crippen molar-refractivity contribution >= 4 is 6.03 Å². The number of rotatable bonds is 4. The van der Waals surface area contributed by atoms with Gasteiger partial charge in [0, 0.05) is 19.4 Å². The normalized spacial score (nSPS) is 13.6. The molecule has 0 unspecified atom stereocenters. The first kappa shape index (κ1) is 14.0. The first-order valence-electron chi connectivity index (χ1n) is 6.38. The molecule has 20 heavy (non-hydrogen) atoms. The highest BCUT2D eigenvalue weighted by Crippen LogP contribution is 2.11. The minimum atomic E-state index is -0.253. The third kappa shape index (κ3) is 3.31. The topological polar surface area (TPSA) is 84.7 Å². The number of carbonyl (C=O) groups is 1. The number of hydrogen-bond acceptors (Lipinski definition) is 4. The summed E-state index contributed by atoms with van der Waals surface area (Å²) in [4.78, 5) is 16.0. The summed E-state index contributed by atoms with van der Waals surface area (Å²) in [6.07, 6.45) is 5.03. The fourth-order valence-corrected chi connectivity index (χ4v) is 1.90. The zero-order valence-corrected chi connectivity index (χ0v) is 11.7. The number of aryl methyl sites for hydroxylation is 1. The van der Waals surface area contributed by atoms with Crippen LogP contribution in [0.15, 0.2) is 30.9 Å². The van der Waals surface area contributed by atoms with Crippen LogP contribution in [0.4, 0.5) is 4.79 Å². The zero-order chi connectivity index (χ0) is 14.5. The van der Waals surface area contributed by atoms with Crippen molar-refractivity contribution < 1.29 is 4.79 Å². The number of nitrogens with zero attached hydrogens (tertiary/aromatic N) is 4. The Kier molecular flexibility index (Phi) is 4.29. The monoisotopic (exact) mass is 274 g/mol. The van der Waals surface area contributed by atoms with E-state index in [0.29, 0.717) is 5.82 Å². The Labute approximate surface area is 117 Å². The van der Waals surface area contributed by atoms with Crippen molar-refractivity contribution in [3.8, 4) is 0 Å². The standard InChI is InChI=1S/C13H18N6O/c1-9(11-5-4-6-14-7-11)16-13(20)17-10(2)12-18-15-8-19(12)3/h4-10H,1-3H3,(H2,16,17,20)/t9-,10+/m0/s1. The smallest absolute Gasteiger partial charge is 0.315 e. The van der Waals surface area contributed by atoms with Crippen molar-refractivity contribution in [1.29, 1.82) is 0 Å². The molecule has 2 heterocycles. The predicted octanol–water partition coefficient (Wildman–Crippen LogP) is 1.33. The van der Waals surface area contributed by atoms with Crippen molar-refractivity contribution in [2.24, 2.45) is 7.05 Å². The molecule has 0 radical (unpaired) electrons. The van der Waals surface area contributed by atoms with Gasteiger partial charge in [-0.2, -0.15) is 0 Å². The lowest BCUT2D eigenvalue weighted by Crippen LogP contribution is -2.39. The van der Waals surface area contributed by atoms with Crippen LogP contribution in [0.3, 0.4) is 0 Å². The lowest BCUT2D eigenvalue weighted by molar-refractivity contribution is 0.234. The number of urea groups is 1. The summed E-state index contributed by atoms with van der Waals surface area (Å²) >= 11 is 0. The molecule has 0 aliphatic rings. The summed E-state index contributed by atoms with van der Waals surface area (Å²) < 4.78 is 1.77. The number of aromatic nitrogens is 4. The second kappa shape index (κ2) is 6.14. The van der Waals surface area contributed by atoms with Crippen LogP contribution in [0.2, 0.25) is 0 Å². The minimum absolute atomic E-state index is 0.115. The Balaban J connectivity index is 1.91. The maximum atomic E-state index is 11.9. The molecule has 7 nitrogen and oxygen atoms in total. The maximum Gasteiger partial charge on any atom is 0.315 e. The van der Waals surface area contributed by atoms with E-state index in [2.05, 4.69) is 25.8 Å². The van der Waals surface area contributed by atoms with E-state index in [4.69, 9.17) is 0 Å². The van der Waals surface area contributed by atoms with Crippen LogP contribution in [0.5, 0.6) is 0 Å². The van der Waals surface area contributed by atoms with Crippen molar-refractivity contribution in [2.45, 2.75) is 25.9 Å². The Hall–Kier alpha value is -2.44. The van der Waals surface area contributed by atoms with Gasteiger partial charge in [-0.25, -0.2) is 4.79 Å². The third-order valence-corrected chi connectivity index (χ3v) is 3.01. The van der Waals surface area contributed by atoms with Gasteiger partial charge in [0.05, 0.1) is 12.1 Å². The van der Waals surface area contributed by atoms with Gasteiger partial charge in [0.2, 0.25) is 0 Å². The molecule has 2 amide bonds. The van der Waals surface area contributed by atoms with Gasteiger partial charge >= 0.3 is 6.03 Å². The van der Waals surface area contributed by atoms with E-state index in [1.807, 2.05) is 33.0 Å². The van der Waals surface area contributed by atoms with E-state index in [1.165, 1.54) is 0 Å². The molecule has 0 saturated carbocycles. The van der Waals surface area contributed by atoms with E-state index in [1.54, 1.807) is 23.3 Å². The first-order chi connectivity index (χ1) is 9.58. The van der Waals surface area contributed by atoms with E-state index in [9.17, 15) is 4.79 Å². The molecule has 0 fully saturated rings. The van der Waals surface area contributed by atoms with E-state index in [0.717, 1.165) is 5.56 Å². The molecule has 2 N–H and O–H groups in total. The number of nitrogens with one attached hydrogen (secondary N) is 2. The minimum Gasteiger partial charge on any atom is -0.332 e. The molecule has 0 aliphatic heterocycles. The quantitative estimate of drug-likeness (QED) is 0.881. The van der Waals surface area contributed by atoms with Crippen LogP contribution in [0.1, 0.15) is 37.3 Å². The van der Waals surface area contributed by atoms with Crippen molar-refractivity contribution in [1.82, 2.24) is 30.4 Å². The molecular weight excluding hydrogens is 256 g/mol. The fraction of sp³-hybridized carbons (Fsp3) is 0.385. The van der Waals surface area contributed by atoms with Gasteiger partial charge in [0.25, 0.3) is 0 Å². The first-order valence-corrected chi connectivity index (χ1v) is 6.38. The van der Waals surface area contributed by atoms with Gasteiger partial charge in [0.1, 0.15) is 6.33 Å². The van der Waals surface area contributed by atoms with Gasteiger partial charge in [0.15, 0.2) is 5.82 Å². The van der Waals surface area contributed by atoms with Gasteiger partial charge in [-0.3, -0.25) is 4.98 Å². The lowest BCUT2D eigenvalue weighted by atomic mass is 10.1. The average Bonchev–Trinajstić information content (AvgIpc) is 2.86. The Bertz CT molecular complexity index is 567. The molecule has 2 aromatic rings. The third-order valence-electron chi connectivity index (χ3n) is 3.01.